The fraction of sp³-hybridized carbons (Fsp3) is 0.400. The molecule has 0 aliphatic heterocycles. The first-order valence-corrected chi connectivity index (χ1v) is 4.08. The van der Waals surface area contributed by atoms with Crippen molar-refractivity contribution in [1.82, 2.24) is 4.37 Å². The molecule has 0 fully saturated rings. The predicted molar refractivity (Wildman–Crippen MR) is 41.5 cm³/mol. The molecule has 0 atom stereocenters. The Labute approximate surface area is 67.8 Å². The van der Waals surface area contributed by atoms with Gasteiger partial charge < -0.3 is 0 Å². The molecule has 1 aromatic heterocycles. The summed E-state index contributed by atoms with van der Waals surface area (Å²) < 4.78 is 3.86. The zero-order valence-corrected chi connectivity index (χ0v) is 7.15. The summed E-state index contributed by atoms with van der Waals surface area (Å²) in [7, 11) is 0. The van der Waals surface area contributed by atoms with Crippen LogP contribution in [0.25, 0.3) is 0 Å². The van der Waals surface area contributed by atoms with Crippen molar-refractivity contribution >= 4 is 34.7 Å². The Kier molecular flexibility index (Phi) is 2.33. The van der Waals surface area contributed by atoms with Gasteiger partial charge in [-0.3, -0.25) is 0 Å². The van der Waals surface area contributed by atoms with E-state index in [1.807, 2.05) is 6.92 Å². The van der Waals surface area contributed by atoms with Crippen molar-refractivity contribution in [2.45, 2.75) is 13.3 Å². The van der Waals surface area contributed by atoms with Crippen LogP contribution in [-0.4, -0.2) is 4.37 Å². The zero-order chi connectivity index (χ0) is 6.85. The van der Waals surface area contributed by atoms with Gasteiger partial charge in [-0.05, 0) is 18.0 Å². The van der Waals surface area contributed by atoms with Gasteiger partial charge >= 0.3 is 0 Å². The molecule has 1 rings (SSSR count). The summed E-state index contributed by atoms with van der Waals surface area (Å²) in [6.45, 7) is 2.02. The van der Waals surface area contributed by atoms with E-state index in [0.717, 1.165) is 11.3 Å². The van der Waals surface area contributed by atoms with E-state index in [1.165, 1.54) is 11.5 Å². The van der Waals surface area contributed by atoms with Crippen LogP contribution in [0, 0.1) is 0 Å². The van der Waals surface area contributed by atoms with Crippen molar-refractivity contribution in [3.05, 3.63) is 15.1 Å². The van der Waals surface area contributed by atoms with Crippen molar-refractivity contribution in [2.24, 2.45) is 0 Å². The van der Waals surface area contributed by atoms with Crippen LogP contribution in [0.15, 0.2) is 0 Å². The highest BCUT2D eigenvalue weighted by molar-refractivity contribution is 7.06. The van der Waals surface area contributed by atoms with E-state index >= 15 is 0 Å². The number of aryl methyl sites for hydroxylation is 1. The summed E-state index contributed by atoms with van der Waals surface area (Å²) in [5.41, 5.74) is 0. The van der Waals surface area contributed by atoms with Crippen molar-refractivity contribution in [3.63, 3.8) is 0 Å². The second-order valence-electron chi connectivity index (χ2n) is 1.56. The molecular weight excluding hydrogens is 177 g/mol. The topological polar surface area (TPSA) is 12.9 Å². The Morgan fingerprint density at radius 2 is 2.22 bits per heavy atom. The quantitative estimate of drug-likeness (QED) is 0.650. The first kappa shape index (κ1) is 7.32. The lowest BCUT2D eigenvalue weighted by Crippen LogP contribution is -1.69. The molecule has 0 bridgehead atoms. The van der Waals surface area contributed by atoms with Crippen LogP contribution in [0.3, 0.4) is 0 Å². The number of rotatable bonds is 1. The van der Waals surface area contributed by atoms with Gasteiger partial charge in [0.05, 0.1) is 5.02 Å². The molecule has 0 N–H and O–H groups in total. The summed E-state index contributed by atoms with van der Waals surface area (Å²) >= 11 is 12.7. The maximum Gasteiger partial charge on any atom is 0.161 e. The van der Waals surface area contributed by atoms with Crippen molar-refractivity contribution < 1.29 is 0 Å². The normalized spacial score (nSPS) is 10.1. The minimum Gasteiger partial charge on any atom is -0.179 e. The molecule has 0 saturated carbocycles. The second kappa shape index (κ2) is 2.86. The highest BCUT2D eigenvalue weighted by Crippen LogP contribution is 2.28. The Hall–Kier alpha value is 0.210. The van der Waals surface area contributed by atoms with E-state index in [4.69, 9.17) is 23.2 Å². The Morgan fingerprint density at radius 3 is 2.44 bits per heavy atom. The van der Waals surface area contributed by atoms with Gasteiger partial charge in [-0.2, -0.15) is 4.37 Å². The second-order valence-corrected chi connectivity index (χ2v) is 3.16. The molecule has 1 aromatic rings. The van der Waals surface area contributed by atoms with Crippen LogP contribution in [-0.2, 0) is 6.42 Å². The summed E-state index contributed by atoms with van der Waals surface area (Å²) in [6, 6.07) is 0. The molecule has 0 aromatic carbocycles. The lowest BCUT2D eigenvalue weighted by Gasteiger charge is -1.84. The number of hydrogen-bond donors (Lipinski definition) is 0. The van der Waals surface area contributed by atoms with Crippen LogP contribution < -0.4 is 0 Å². The van der Waals surface area contributed by atoms with Crippen LogP contribution in [0.4, 0.5) is 0 Å². The highest BCUT2D eigenvalue weighted by atomic mass is 35.5. The molecule has 1 nitrogen and oxygen atoms in total. The average molecular weight is 182 g/mol. The molecular formula is C5H5Cl2NS. The lowest BCUT2D eigenvalue weighted by molar-refractivity contribution is 1.19. The van der Waals surface area contributed by atoms with Crippen molar-refractivity contribution in [1.29, 1.82) is 0 Å². The smallest absolute Gasteiger partial charge is 0.161 e. The van der Waals surface area contributed by atoms with E-state index in [-0.39, 0.29) is 0 Å². The van der Waals surface area contributed by atoms with Crippen LogP contribution in [0.1, 0.15) is 11.8 Å². The zero-order valence-electron chi connectivity index (χ0n) is 4.82. The number of hydrogen-bond acceptors (Lipinski definition) is 2. The van der Waals surface area contributed by atoms with E-state index in [2.05, 4.69) is 4.37 Å². The maximum atomic E-state index is 5.72. The number of nitrogens with zero attached hydrogens (tertiary/aromatic N) is 1. The fourth-order valence-corrected chi connectivity index (χ4v) is 1.70. The van der Waals surface area contributed by atoms with E-state index in [0.29, 0.717) is 10.2 Å². The Bertz CT molecular complexity index is 209. The van der Waals surface area contributed by atoms with Crippen LogP contribution >= 0.6 is 34.7 Å². The van der Waals surface area contributed by atoms with Gasteiger partial charge in [0.25, 0.3) is 0 Å². The predicted octanol–water partition coefficient (Wildman–Crippen LogP) is 3.01. The molecule has 0 aliphatic carbocycles. The Morgan fingerprint density at radius 1 is 1.56 bits per heavy atom. The van der Waals surface area contributed by atoms with Crippen molar-refractivity contribution in [3.8, 4) is 0 Å². The molecule has 9 heavy (non-hydrogen) atoms. The fourth-order valence-electron chi connectivity index (χ4n) is 0.510. The van der Waals surface area contributed by atoms with Gasteiger partial charge in [0, 0.05) is 4.88 Å². The SMILES string of the molecule is CCc1snc(Cl)c1Cl. The largest absolute Gasteiger partial charge is 0.179 e. The first-order valence-electron chi connectivity index (χ1n) is 2.55. The Balaban J connectivity index is 3.04. The van der Waals surface area contributed by atoms with E-state index in [1.54, 1.807) is 0 Å². The maximum absolute atomic E-state index is 5.72. The summed E-state index contributed by atoms with van der Waals surface area (Å²) in [5, 5.41) is 1.04. The van der Waals surface area contributed by atoms with Gasteiger partial charge in [-0.15, -0.1) is 0 Å². The highest BCUT2D eigenvalue weighted by Gasteiger charge is 2.05. The number of halogens is 2. The molecule has 0 saturated heterocycles. The lowest BCUT2D eigenvalue weighted by atomic mass is 10.4. The van der Waals surface area contributed by atoms with Gasteiger partial charge in [0.15, 0.2) is 5.15 Å². The van der Waals surface area contributed by atoms with Gasteiger partial charge in [0.2, 0.25) is 0 Å². The third-order valence-electron chi connectivity index (χ3n) is 0.983. The molecule has 50 valence electrons. The molecule has 0 amide bonds. The van der Waals surface area contributed by atoms with Gasteiger partial charge in [-0.1, -0.05) is 30.1 Å². The van der Waals surface area contributed by atoms with Crippen LogP contribution in [0.5, 0.6) is 0 Å². The summed E-state index contributed by atoms with van der Waals surface area (Å²) in [4.78, 5) is 1.06. The molecule has 0 spiro atoms. The van der Waals surface area contributed by atoms with Gasteiger partial charge in [0.1, 0.15) is 0 Å². The van der Waals surface area contributed by atoms with E-state index in [9.17, 15) is 0 Å². The molecule has 4 heteroatoms. The first-order chi connectivity index (χ1) is 4.25. The van der Waals surface area contributed by atoms with Crippen LogP contribution in [0.2, 0.25) is 10.2 Å². The molecule has 1 heterocycles. The third kappa shape index (κ3) is 1.37. The monoisotopic (exact) mass is 181 g/mol. The number of aromatic nitrogens is 1. The molecule has 0 unspecified atom stereocenters. The summed E-state index contributed by atoms with van der Waals surface area (Å²) in [5.74, 6) is 0. The molecule has 0 radical (unpaired) electrons. The third-order valence-corrected chi connectivity index (χ3v) is 2.96. The summed E-state index contributed by atoms with van der Waals surface area (Å²) in [6.07, 6.45) is 0.906. The average Bonchev–Trinajstić information content (AvgIpc) is 2.15. The molecule has 0 aliphatic rings. The standard InChI is InChI=1S/C5H5Cl2NS/c1-2-3-4(6)5(7)8-9-3/h2H2,1H3. The van der Waals surface area contributed by atoms with Gasteiger partial charge in [-0.25, -0.2) is 0 Å². The van der Waals surface area contributed by atoms with Crippen molar-refractivity contribution in [2.75, 3.05) is 0 Å². The minimum atomic E-state index is 0.429. The minimum absolute atomic E-state index is 0.429. The van der Waals surface area contributed by atoms with E-state index < -0.39 is 0 Å².